The minimum atomic E-state index is 0.816. The van der Waals surface area contributed by atoms with E-state index in [9.17, 15) is 0 Å². The van der Waals surface area contributed by atoms with Crippen molar-refractivity contribution in [2.75, 3.05) is 0 Å². The number of fused-ring (bicyclic) bond motifs is 3. The van der Waals surface area contributed by atoms with E-state index in [-0.39, 0.29) is 0 Å². The Kier molecular flexibility index (Phi) is 2.51. The van der Waals surface area contributed by atoms with Gasteiger partial charge in [-0.25, -0.2) is 4.57 Å². The predicted molar refractivity (Wildman–Crippen MR) is 80.7 cm³/mol. The molecule has 0 aliphatic rings. The van der Waals surface area contributed by atoms with Crippen molar-refractivity contribution in [2.24, 2.45) is 7.05 Å². The first-order chi connectivity index (χ1) is 10.3. The summed E-state index contributed by atoms with van der Waals surface area (Å²) >= 11 is 0. The lowest BCUT2D eigenvalue weighted by Crippen LogP contribution is -2.31. The molecule has 0 amide bonds. The second-order valence-corrected chi connectivity index (χ2v) is 5.18. The highest BCUT2D eigenvalue weighted by molar-refractivity contribution is 6.09. The van der Waals surface area contributed by atoms with Crippen LogP contribution in [0, 0.1) is 6.92 Å². The van der Waals surface area contributed by atoms with Gasteiger partial charge in [-0.3, -0.25) is 4.98 Å². The molecule has 0 saturated heterocycles. The zero-order valence-corrected chi connectivity index (χ0v) is 11.9. The van der Waals surface area contributed by atoms with Crippen molar-refractivity contribution in [3.05, 3.63) is 54.7 Å². The van der Waals surface area contributed by atoms with E-state index in [1.807, 2.05) is 23.7 Å². The summed E-state index contributed by atoms with van der Waals surface area (Å²) in [4.78, 5) is 8.29. The van der Waals surface area contributed by atoms with Crippen molar-refractivity contribution >= 4 is 21.9 Å². The Balaban J connectivity index is 2.18. The Labute approximate surface area is 121 Å². The first-order valence-corrected chi connectivity index (χ1v) is 6.81. The third-order valence-electron chi connectivity index (χ3n) is 3.85. The van der Waals surface area contributed by atoms with Gasteiger partial charge in [-0.2, -0.15) is 0 Å². The van der Waals surface area contributed by atoms with Gasteiger partial charge in [-0.15, -0.1) is 0 Å². The summed E-state index contributed by atoms with van der Waals surface area (Å²) in [5.41, 5.74) is 5.08. The summed E-state index contributed by atoms with van der Waals surface area (Å²) in [5.74, 6) is 0. The van der Waals surface area contributed by atoms with Gasteiger partial charge in [0.05, 0.1) is 18.8 Å². The smallest absolute Gasteiger partial charge is 0.286 e. The van der Waals surface area contributed by atoms with Crippen LogP contribution >= 0.6 is 0 Å². The van der Waals surface area contributed by atoms with Crippen LogP contribution in [-0.2, 0) is 7.05 Å². The van der Waals surface area contributed by atoms with Crippen LogP contribution in [0.1, 0.15) is 5.56 Å². The van der Waals surface area contributed by atoms with Gasteiger partial charge < -0.3 is 4.42 Å². The van der Waals surface area contributed by atoms with E-state index < -0.39 is 0 Å². The average Bonchev–Trinajstić information content (AvgIpc) is 2.87. The third-order valence-corrected chi connectivity index (χ3v) is 3.85. The first kappa shape index (κ1) is 12.0. The lowest BCUT2D eigenvalue weighted by molar-refractivity contribution is -0.663. The molecular formula is C17H14N3O+. The molecule has 0 fully saturated rings. The molecule has 0 spiro atoms. The van der Waals surface area contributed by atoms with Gasteiger partial charge in [0.1, 0.15) is 17.5 Å². The number of hydrogen-bond donors (Lipinski definition) is 0. The Morgan fingerprint density at radius 1 is 1.00 bits per heavy atom. The molecule has 3 heterocycles. The normalized spacial score (nSPS) is 11.3. The Hall–Kier alpha value is -2.75. The maximum Gasteiger partial charge on any atom is 0.286 e. The van der Waals surface area contributed by atoms with Gasteiger partial charge in [0, 0.05) is 23.0 Å². The van der Waals surface area contributed by atoms with Gasteiger partial charge in [0.15, 0.2) is 5.58 Å². The Morgan fingerprint density at radius 2 is 1.86 bits per heavy atom. The molecule has 21 heavy (non-hydrogen) atoms. The third kappa shape index (κ3) is 1.72. The lowest BCUT2D eigenvalue weighted by Gasteiger charge is -2.06. The number of pyridine rings is 1. The van der Waals surface area contributed by atoms with Crippen molar-refractivity contribution < 1.29 is 8.98 Å². The van der Waals surface area contributed by atoms with Crippen molar-refractivity contribution in [1.29, 1.82) is 0 Å². The van der Waals surface area contributed by atoms with Crippen LogP contribution in [0.3, 0.4) is 0 Å². The molecule has 4 heteroatoms. The van der Waals surface area contributed by atoms with Crippen molar-refractivity contribution in [2.45, 2.75) is 6.92 Å². The molecule has 0 N–H and O–H groups in total. The minimum Gasteiger partial charge on any atom is -0.454 e. The molecule has 0 aliphatic carbocycles. The molecule has 0 unspecified atom stereocenters. The van der Waals surface area contributed by atoms with E-state index >= 15 is 0 Å². The van der Waals surface area contributed by atoms with E-state index in [0.29, 0.717) is 0 Å². The molecule has 4 aromatic rings. The van der Waals surface area contributed by atoms with E-state index in [1.165, 1.54) is 5.56 Å². The highest BCUT2D eigenvalue weighted by Crippen LogP contribution is 2.36. The van der Waals surface area contributed by atoms with Crippen LogP contribution in [-0.4, -0.2) is 9.97 Å². The van der Waals surface area contributed by atoms with Gasteiger partial charge in [-0.1, -0.05) is 17.1 Å². The summed E-state index contributed by atoms with van der Waals surface area (Å²) in [6, 6.07) is 8.24. The highest BCUT2D eigenvalue weighted by atomic mass is 16.3. The van der Waals surface area contributed by atoms with E-state index in [0.717, 1.165) is 33.2 Å². The number of hydrogen-bond acceptors (Lipinski definition) is 3. The zero-order valence-electron chi connectivity index (χ0n) is 11.9. The second-order valence-electron chi connectivity index (χ2n) is 5.18. The summed E-state index contributed by atoms with van der Waals surface area (Å²) in [6.45, 7) is 2.10. The topological polar surface area (TPSA) is 42.8 Å². The first-order valence-electron chi connectivity index (χ1n) is 6.81. The highest BCUT2D eigenvalue weighted by Gasteiger charge is 2.18. The van der Waals surface area contributed by atoms with Crippen LogP contribution in [0.4, 0.5) is 0 Å². The summed E-state index contributed by atoms with van der Waals surface area (Å²) in [7, 11) is 1.99. The number of furan rings is 1. The Morgan fingerprint density at radius 3 is 2.71 bits per heavy atom. The number of benzene rings is 1. The van der Waals surface area contributed by atoms with Crippen LogP contribution in [0.5, 0.6) is 0 Å². The van der Waals surface area contributed by atoms with E-state index in [4.69, 9.17) is 4.42 Å². The van der Waals surface area contributed by atoms with Crippen molar-refractivity contribution in [3.8, 4) is 11.3 Å². The molecular weight excluding hydrogens is 262 g/mol. The standard InChI is InChI=1S/C17H14N3O/c1-11-3-4-13-12-5-7-18-9-15(12)21-17(13)16(11)14-6-8-19-10-20(14)2/h3-10H,1-2H3/q+1. The molecule has 4 rings (SSSR count). The number of aryl methyl sites for hydroxylation is 2. The minimum absolute atomic E-state index is 0.816. The van der Waals surface area contributed by atoms with Gasteiger partial charge in [-0.05, 0) is 18.6 Å². The quantitative estimate of drug-likeness (QED) is 0.501. The van der Waals surface area contributed by atoms with Crippen LogP contribution < -0.4 is 4.57 Å². The molecule has 0 radical (unpaired) electrons. The van der Waals surface area contributed by atoms with Crippen LogP contribution in [0.15, 0.2) is 53.6 Å². The van der Waals surface area contributed by atoms with Crippen LogP contribution in [0.2, 0.25) is 0 Å². The average molecular weight is 276 g/mol. The van der Waals surface area contributed by atoms with Gasteiger partial charge in [0.2, 0.25) is 0 Å². The molecule has 0 atom stereocenters. The largest absolute Gasteiger partial charge is 0.454 e. The number of nitrogens with zero attached hydrogens (tertiary/aromatic N) is 3. The molecule has 0 aliphatic heterocycles. The SMILES string of the molecule is Cc1ccc2c(oc3cnccc32)c1-c1ccnc[n+]1C. The molecule has 1 aromatic carbocycles. The van der Waals surface area contributed by atoms with E-state index in [2.05, 4.69) is 29.0 Å². The van der Waals surface area contributed by atoms with Gasteiger partial charge in [0.25, 0.3) is 6.33 Å². The van der Waals surface area contributed by atoms with Gasteiger partial charge >= 0.3 is 0 Å². The molecule has 0 saturated carbocycles. The molecule has 4 nitrogen and oxygen atoms in total. The monoisotopic (exact) mass is 276 g/mol. The fourth-order valence-corrected chi connectivity index (χ4v) is 2.80. The Bertz CT molecular complexity index is 972. The summed E-state index contributed by atoms with van der Waals surface area (Å²) in [6.07, 6.45) is 7.17. The number of aromatic nitrogens is 3. The van der Waals surface area contributed by atoms with Crippen LogP contribution in [0.25, 0.3) is 33.2 Å². The summed E-state index contributed by atoms with van der Waals surface area (Å²) < 4.78 is 8.08. The maximum atomic E-state index is 6.08. The lowest BCUT2D eigenvalue weighted by atomic mass is 10.0. The molecule has 102 valence electrons. The maximum absolute atomic E-state index is 6.08. The van der Waals surface area contributed by atoms with Crippen molar-refractivity contribution in [3.63, 3.8) is 0 Å². The summed E-state index contributed by atoms with van der Waals surface area (Å²) in [5, 5.41) is 2.21. The predicted octanol–water partition coefficient (Wildman–Crippen LogP) is 3.18. The fraction of sp³-hybridized carbons (Fsp3) is 0.118. The zero-order chi connectivity index (χ0) is 14.4. The second kappa shape index (κ2) is 4.38. The molecule has 0 bridgehead atoms. The van der Waals surface area contributed by atoms with E-state index in [1.54, 1.807) is 24.9 Å². The number of rotatable bonds is 1. The fourth-order valence-electron chi connectivity index (χ4n) is 2.80. The van der Waals surface area contributed by atoms with Crippen molar-refractivity contribution in [1.82, 2.24) is 9.97 Å². The molecule has 3 aromatic heterocycles.